The van der Waals surface area contributed by atoms with Crippen LogP contribution in [0.3, 0.4) is 0 Å². The molecule has 9 aliphatic rings. The van der Waals surface area contributed by atoms with E-state index in [-0.39, 0.29) is 75.0 Å². The molecule has 0 unspecified atom stereocenters. The van der Waals surface area contributed by atoms with Crippen LogP contribution in [-0.2, 0) is 0 Å². The highest BCUT2D eigenvalue weighted by molar-refractivity contribution is 5.47. The van der Waals surface area contributed by atoms with Gasteiger partial charge < -0.3 is 29.1 Å². The van der Waals surface area contributed by atoms with Gasteiger partial charge in [-0.2, -0.15) is 170 Å². The molecule has 0 radical (unpaired) electrons. The summed E-state index contributed by atoms with van der Waals surface area (Å²) in [5.41, 5.74) is 0. The first-order valence-corrected chi connectivity index (χ1v) is 28.4. The molecule has 2 aromatic rings. The molecule has 8 saturated carbocycles. The molecule has 0 atom stereocenters. The molecule has 8 aliphatic carbocycles. The van der Waals surface area contributed by atoms with Crippen molar-refractivity contribution in [3.8, 4) is 12.0 Å². The predicted octanol–water partition coefficient (Wildman–Crippen LogP) is 14.8. The van der Waals surface area contributed by atoms with E-state index in [0.29, 0.717) is 22.6 Å². The molecule has 2 aromatic heterocycles. The van der Waals surface area contributed by atoms with Gasteiger partial charge in [0, 0.05) is 64.2 Å². The Balaban J connectivity index is 1.10. The normalized spacial score (nSPS) is 27.0. The minimum atomic E-state index is -7.43. The first-order valence-electron chi connectivity index (χ1n) is 28.4. The van der Waals surface area contributed by atoms with Gasteiger partial charge in [0.2, 0.25) is 23.8 Å². The summed E-state index contributed by atoms with van der Waals surface area (Å²) in [4.78, 5) is 25.2. The number of piperazine rings is 1. The second kappa shape index (κ2) is 23.7. The fourth-order valence-electron chi connectivity index (χ4n) is 14.6. The number of hydrogen-bond acceptors (Lipinski definition) is 12. The molecule has 1 saturated heterocycles. The summed E-state index contributed by atoms with van der Waals surface area (Å²) in [7, 11) is 0. The van der Waals surface area contributed by atoms with Crippen LogP contribution in [0.1, 0.15) is 77.0 Å². The third-order valence-corrected chi connectivity index (χ3v) is 18.8. The number of alkyl halides is 32. The van der Waals surface area contributed by atoms with E-state index in [1.807, 2.05) is 0 Å². The number of aromatic nitrogens is 6. The molecule has 0 aromatic carbocycles. The molecule has 94 heavy (non-hydrogen) atoms. The molecule has 9 fully saturated rings. The number of halogens is 32. The molecule has 11 rings (SSSR count). The van der Waals surface area contributed by atoms with Crippen molar-refractivity contribution in [2.24, 2.45) is 47.3 Å². The molecule has 0 N–H and O–H groups in total. The Morgan fingerprint density at radius 3 is 0.809 bits per heavy atom. The van der Waals surface area contributed by atoms with Gasteiger partial charge >= 0.3 is 96.0 Å². The van der Waals surface area contributed by atoms with E-state index in [2.05, 4.69) is 39.4 Å². The standard InChI is InChI=1S/C50H50F32N10O2/c51-37(52,41(59,60)45(67,68)49(77,78)79)1-3-91(29-25-11-21-9-22(13-25)14-26(29)12-21)33-83-31(85-35(87-33)93-19-39(55,56)43(63,64)47(71,72)73)89-5-7-90(8-6-89)32-84-34(88-36(86-32)94-20-40(57,58)44(65,66)48(74,75)76)92(30-27-15-23-10-24(17-27)18-28(30)16-23)4-2-38(53,54)42(61,62)46(69,70)50(80,81)82/h21-30H,1-20H2. The third-order valence-electron chi connectivity index (χ3n) is 18.8. The second-order valence-electron chi connectivity index (χ2n) is 25.0. The topological polar surface area (TPSA) is 109 Å². The highest BCUT2D eigenvalue weighted by atomic mass is 19.5. The molecule has 3 heterocycles. The molecule has 536 valence electrons. The largest absolute Gasteiger partial charge is 0.460 e. The van der Waals surface area contributed by atoms with Crippen LogP contribution in [0.15, 0.2) is 0 Å². The molecule has 44 heteroatoms. The van der Waals surface area contributed by atoms with Crippen molar-refractivity contribution < 1.29 is 150 Å². The number of hydrogen-bond donors (Lipinski definition) is 0. The van der Waals surface area contributed by atoms with Gasteiger partial charge in [0.1, 0.15) is 0 Å². The Labute approximate surface area is 507 Å². The highest BCUT2D eigenvalue weighted by Crippen LogP contribution is 2.60. The van der Waals surface area contributed by atoms with Crippen LogP contribution in [-0.4, -0.2) is 178 Å². The number of nitrogens with zero attached hydrogens (tertiary/aromatic N) is 10. The smallest absolute Gasteiger partial charge is 0.457 e. The van der Waals surface area contributed by atoms with Gasteiger partial charge in [0.15, 0.2) is 13.2 Å². The predicted molar refractivity (Wildman–Crippen MR) is 254 cm³/mol. The second-order valence-corrected chi connectivity index (χ2v) is 25.0. The van der Waals surface area contributed by atoms with Gasteiger partial charge in [-0.25, -0.2) is 0 Å². The summed E-state index contributed by atoms with van der Waals surface area (Å²) in [6.07, 6.45) is -31.2. The van der Waals surface area contributed by atoms with Crippen LogP contribution in [0.5, 0.6) is 12.0 Å². The fraction of sp³-hybridized carbons (Fsp3) is 0.880. The van der Waals surface area contributed by atoms with E-state index >= 15 is 17.6 Å². The van der Waals surface area contributed by atoms with Gasteiger partial charge in [-0.3, -0.25) is 0 Å². The average Bonchev–Trinajstić information content (AvgIpc) is 0.761. The zero-order valence-electron chi connectivity index (χ0n) is 47.3. The first kappa shape index (κ1) is 72.8. The number of rotatable bonds is 24. The SMILES string of the molecule is FC(F)(F)C(F)(F)C(F)(F)COc1nc(N2CCN(c3nc(OCC(F)(F)C(F)(F)C(F)(F)F)nc(N(CCC(F)(F)C(F)(F)C(F)(F)C(F)(F)F)C4C5CC6CC(C5)CC4C6)n3)CC2)nc(N(CCC(F)(F)C(F)(F)C(F)(F)C(F)(F)F)C2C3CC4CC(C3)CC2C4)n1. The lowest BCUT2D eigenvalue weighted by Crippen LogP contribution is -2.62. The van der Waals surface area contributed by atoms with Crippen molar-refractivity contribution >= 4 is 23.8 Å². The van der Waals surface area contributed by atoms with E-state index in [4.69, 9.17) is 0 Å². The van der Waals surface area contributed by atoms with Crippen LogP contribution < -0.4 is 29.1 Å². The van der Waals surface area contributed by atoms with Gasteiger partial charge in [0.05, 0.1) is 0 Å². The summed E-state index contributed by atoms with van der Waals surface area (Å²) in [6.45, 7) is -12.8. The Hall–Kier alpha value is -5.42. The lowest BCUT2D eigenvalue weighted by Gasteiger charge is -2.57. The summed E-state index contributed by atoms with van der Waals surface area (Å²) in [6, 6.07) is -6.07. The Kier molecular flexibility index (Phi) is 18.3. The van der Waals surface area contributed by atoms with E-state index in [9.17, 15) is 123 Å². The molecule has 1 aliphatic heterocycles. The molecule has 8 bridgehead atoms. The van der Waals surface area contributed by atoms with Crippen molar-refractivity contribution in [3.63, 3.8) is 0 Å². The molecule has 0 spiro atoms. The number of anilines is 4. The van der Waals surface area contributed by atoms with Gasteiger partial charge in [-0.1, -0.05) is 0 Å². The maximum absolute atomic E-state index is 15.4. The molecular formula is C50H50F32N10O2. The molecular weight excluding hydrogens is 1380 g/mol. The maximum Gasteiger partial charge on any atom is 0.460 e. The van der Waals surface area contributed by atoms with Crippen molar-refractivity contribution in [1.29, 1.82) is 0 Å². The summed E-state index contributed by atoms with van der Waals surface area (Å²) in [5, 5.41) is 0. The Morgan fingerprint density at radius 2 is 0.564 bits per heavy atom. The van der Waals surface area contributed by atoms with Gasteiger partial charge in [-0.05, 0) is 112 Å². The van der Waals surface area contributed by atoms with Gasteiger partial charge in [-0.15, -0.1) is 0 Å². The van der Waals surface area contributed by atoms with E-state index in [0.717, 1.165) is 9.80 Å². The van der Waals surface area contributed by atoms with Crippen LogP contribution in [0.4, 0.5) is 164 Å². The summed E-state index contributed by atoms with van der Waals surface area (Å²) >= 11 is 0. The summed E-state index contributed by atoms with van der Waals surface area (Å²) in [5.74, 6) is -76.2. The van der Waals surface area contributed by atoms with E-state index < -0.39 is 221 Å². The lowest BCUT2D eigenvalue weighted by molar-refractivity contribution is -0.396. The van der Waals surface area contributed by atoms with Crippen molar-refractivity contribution in [2.45, 2.75) is 173 Å². The maximum atomic E-state index is 15.4. The van der Waals surface area contributed by atoms with Crippen LogP contribution in [0.25, 0.3) is 0 Å². The average molecular weight is 1430 g/mol. The third kappa shape index (κ3) is 12.8. The molecule has 12 nitrogen and oxygen atoms in total. The Morgan fingerprint density at radius 1 is 0.309 bits per heavy atom. The van der Waals surface area contributed by atoms with Crippen molar-refractivity contribution in [3.05, 3.63) is 0 Å². The van der Waals surface area contributed by atoms with E-state index in [1.54, 1.807) is 0 Å². The minimum Gasteiger partial charge on any atom is -0.457 e. The molecule has 0 amide bonds. The fourth-order valence-corrected chi connectivity index (χ4v) is 14.6. The number of ether oxygens (including phenoxy) is 2. The van der Waals surface area contributed by atoms with Gasteiger partial charge in [0.25, 0.3) is 0 Å². The lowest BCUT2D eigenvalue weighted by atomic mass is 9.54. The van der Waals surface area contributed by atoms with E-state index in [1.165, 1.54) is 0 Å². The first-order chi connectivity index (χ1) is 42.6. The van der Waals surface area contributed by atoms with Crippen molar-refractivity contribution in [1.82, 2.24) is 29.9 Å². The van der Waals surface area contributed by atoms with Crippen LogP contribution in [0.2, 0.25) is 0 Å². The van der Waals surface area contributed by atoms with Crippen molar-refractivity contribution in [2.75, 3.05) is 72.1 Å². The Bertz CT molecular complexity index is 2770. The zero-order valence-corrected chi connectivity index (χ0v) is 47.3. The quantitative estimate of drug-likeness (QED) is 0.0934. The van der Waals surface area contributed by atoms with Crippen LogP contribution >= 0.6 is 0 Å². The monoisotopic (exact) mass is 1430 g/mol. The van der Waals surface area contributed by atoms with Crippen LogP contribution in [0, 0.1) is 47.3 Å². The zero-order chi connectivity index (χ0) is 70.3. The minimum absolute atomic E-state index is 0.104. The highest BCUT2D eigenvalue weighted by Gasteiger charge is 2.83. The summed E-state index contributed by atoms with van der Waals surface area (Å²) < 4.78 is 461.